The number of hydrazone groups is 1. The summed E-state index contributed by atoms with van der Waals surface area (Å²) in [5.41, 5.74) is 2.80. The van der Waals surface area contributed by atoms with Gasteiger partial charge in [0.15, 0.2) is 11.0 Å². The maximum Gasteiger partial charge on any atom is 0.416 e. The van der Waals surface area contributed by atoms with E-state index in [4.69, 9.17) is 12.2 Å². The van der Waals surface area contributed by atoms with Gasteiger partial charge in [0.25, 0.3) is 5.91 Å². The van der Waals surface area contributed by atoms with Crippen molar-refractivity contribution in [2.24, 2.45) is 11.0 Å². The van der Waals surface area contributed by atoms with Crippen LogP contribution in [0.3, 0.4) is 0 Å². The molecule has 0 aliphatic carbocycles. The zero-order valence-electron chi connectivity index (χ0n) is 16.6. The number of hydrogen-bond acceptors (Lipinski definition) is 5. The molecule has 1 aliphatic rings. The predicted octanol–water partition coefficient (Wildman–Crippen LogP) is 2.72. The van der Waals surface area contributed by atoms with Crippen LogP contribution in [-0.4, -0.2) is 29.0 Å². The molecule has 1 atom stereocenters. The van der Waals surface area contributed by atoms with Crippen LogP contribution in [0.4, 0.5) is 18.9 Å². The Bertz CT molecular complexity index is 1100. The number of aryl methyl sites for hydroxylation is 1. The van der Waals surface area contributed by atoms with Gasteiger partial charge in [-0.05, 0) is 42.9 Å². The van der Waals surface area contributed by atoms with Crippen molar-refractivity contribution in [3.63, 3.8) is 0 Å². The van der Waals surface area contributed by atoms with Crippen molar-refractivity contribution in [1.29, 1.82) is 0 Å². The van der Waals surface area contributed by atoms with Crippen LogP contribution in [0.25, 0.3) is 0 Å². The highest BCUT2D eigenvalue weighted by Gasteiger charge is 2.38. The molecule has 0 unspecified atom stereocenters. The molecular formula is C21H17F3N4O3S. The molecule has 166 valence electrons. The number of benzene rings is 2. The van der Waals surface area contributed by atoms with Gasteiger partial charge in [-0.15, -0.1) is 0 Å². The van der Waals surface area contributed by atoms with Gasteiger partial charge < -0.3 is 5.32 Å². The molecule has 0 spiro atoms. The van der Waals surface area contributed by atoms with Gasteiger partial charge >= 0.3 is 6.18 Å². The summed E-state index contributed by atoms with van der Waals surface area (Å²) in [4.78, 5) is 38.2. The molecule has 0 radical (unpaired) electrons. The van der Waals surface area contributed by atoms with Crippen molar-refractivity contribution in [1.82, 2.24) is 10.7 Å². The fourth-order valence-electron chi connectivity index (χ4n) is 2.93. The van der Waals surface area contributed by atoms with Gasteiger partial charge in [0, 0.05) is 6.21 Å². The zero-order valence-corrected chi connectivity index (χ0v) is 17.5. The third-order valence-corrected chi connectivity index (χ3v) is 4.81. The third kappa shape index (κ3) is 5.35. The molecule has 2 aromatic rings. The van der Waals surface area contributed by atoms with Gasteiger partial charge in [0.2, 0.25) is 11.8 Å². The normalized spacial score (nSPS) is 16.9. The lowest BCUT2D eigenvalue weighted by Gasteiger charge is -2.30. The first-order valence-electron chi connectivity index (χ1n) is 9.30. The molecule has 7 nitrogen and oxygen atoms in total. The van der Waals surface area contributed by atoms with E-state index in [0.717, 1.165) is 28.8 Å². The summed E-state index contributed by atoms with van der Waals surface area (Å²) in [6, 6.07) is 11.2. The van der Waals surface area contributed by atoms with Crippen LogP contribution in [-0.2, 0) is 27.0 Å². The number of alkyl halides is 3. The van der Waals surface area contributed by atoms with Gasteiger partial charge in [-0.1, -0.05) is 35.9 Å². The number of halogens is 3. The first kappa shape index (κ1) is 23.1. The summed E-state index contributed by atoms with van der Waals surface area (Å²) < 4.78 is 38.3. The van der Waals surface area contributed by atoms with Gasteiger partial charge in [-0.2, -0.15) is 18.3 Å². The lowest BCUT2D eigenvalue weighted by atomic mass is 10.1. The molecule has 2 N–H and O–H groups in total. The zero-order chi connectivity index (χ0) is 23.5. The monoisotopic (exact) mass is 462 g/mol. The second-order valence-electron chi connectivity index (χ2n) is 6.97. The molecule has 0 saturated carbocycles. The molecule has 3 amide bonds. The van der Waals surface area contributed by atoms with Gasteiger partial charge in [-0.25, -0.2) is 5.43 Å². The summed E-state index contributed by atoms with van der Waals surface area (Å²) in [5, 5.41) is 5.96. The third-order valence-electron chi connectivity index (χ3n) is 4.53. The summed E-state index contributed by atoms with van der Waals surface area (Å²) in [5.74, 6) is -3.43. The molecule has 1 fully saturated rings. The van der Waals surface area contributed by atoms with Crippen LogP contribution in [0.5, 0.6) is 0 Å². The standard InChI is InChI=1S/C21H17F3N4O3S/c1-12-5-7-15(8-6-12)28-19(31)16(18(30)26-20(28)32)11-25-27-17(29)10-13-3-2-4-14(9-13)21(22,23)24/h2-9,11,16H,10H2,1H3,(H,27,29)(H,26,30,32)/b25-11-/t16-/m0/s1. The molecule has 0 aromatic heterocycles. The summed E-state index contributed by atoms with van der Waals surface area (Å²) in [6.07, 6.45) is -3.94. The van der Waals surface area contributed by atoms with Gasteiger partial charge in [-0.3, -0.25) is 19.3 Å². The Morgan fingerprint density at radius 1 is 1.22 bits per heavy atom. The largest absolute Gasteiger partial charge is 0.416 e. The van der Waals surface area contributed by atoms with Crippen molar-refractivity contribution in [3.8, 4) is 0 Å². The molecule has 1 heterocycles. The van der Waals surface area contributed by atoms with Crippen LogP contribution < -0.4 is 15.6 Å². The van der Waals surface area contributed by atoms with Crippen LogP contribution in [0.1, 0.15) is 16.7 Å². The van der Waals surface area contributed by atoms with Crippen LogP contribution in [0.15, 0.2) is 53.6 Å². The van der Waals surface area contributed by atoms with Crippen LogP contribution in [0, 0.1) is 12.8 Å². The Balaban J connectivity index is 1.66. The minimum absolute atomic E-state index is 0.0814. The topological polar surface area (TPSA) is 90.9 Å². The minimum Gasteiger partial charge on any atom is -0.301 e. The Morgan fingerprint density at radius 3 is 2.56 bits per heavy atom. The van der Waals surface area contributed by atoms with E-state index in [0.29, 0.717) is 5.69 Å². The average molecular weight is 462 g/mol. The molecule has 3 rings (SSSR count). The highest BCUT2D eigenvalue weighted by Crippen LogP contribution is 2.29. The van der Waals surface area contributed by atoms with E-state index in [2.05, 4.69) is 15.8 Å². The number of carbonyl (C=O) groups is 3. The van der Waals surface area contributed by atoms with Crippen molar-refractivity contribution < 1.29 is 27.6 Å². The Hall–Kier alpha value is -3.60. The van der Waals surface area contributed by atoms with E-state index in [1.165, 1.54) is 12.1 Å². The Morgan fingerprint density at radius 2 is 1.91 bits per heavy atom. The highest BCUT2D eigenvalue weighted by atomic mass is 32.1. The van der Waals surface area contributed by atoms with Crippen molar-refractivity contribution >= 4 is 47.0 Å². The molecule has 11 heteroatoms. The highest BCUT2D eigenvalue weighted by molar-refractivity contribution is 7.80. The molecule has 0 bridgehead atoms. The van der Waals surface area contributed by atoms with E-state index in [1.807, 2.05) is 6.92 Å². The van der Waals surface area contributed by atoms with Crippen molar-refractivity contribution in [2.45, 2.75) is 19.5 Å². The number of rotatable bonds is 5. The van der Waals surface area contributed by atoms with Crippen molar-refractivity contribution in [3.05, 3.63) is 65.2 Å². The fraction of sp³-hybridized carbons (Fsp3) is 0.190. The molecule has 32 heavy (non-hydrogen) atoms. The maximum atomic E-state index is 12.8. The Labute approximate surface area is 186 Å². The van der Waals surface area contributed by atoms with E-state index in [-0.39, 0.29) is 17.1 Å². The van der Waals surface area contributed by atoms with Gasteiger partial charge in [0.1, 0.15) is 0 Å². The molecule has 2 aromatic carbocycles. The summed E-state index contributed by atoms with van der Waals surface area (Å²) in [7, 11) is 0. The average Bonchev–Trinajstić information content (AvgIpc) is 2.71. The number of hydrogen-bond donors (Lipinski definition) is 2. The molecular weight excluding hydrogens is 445 g/mol. The fourth-order valence-corrected chi connectivity index (χ4v) is 3.22. The first-order chi connectivity index (χ1) is 15.1. The van der Waals surface area contributed by atoms with Crippen molar-refractivity contribution in [2.75, 3.05) is 4.90 Å². The summed E-state index contributed by atoms with van der Waals surface area (Å²) in [6.45, 7) is 1.87. The minimum atomic E-state index is -4.52. The summed E-state index contributed by atoms with van der Waals surface area (Å²) >= 11 is 5.09. The number of amides is 3. The smallest absolute Gasteiger partial charge is 0.301 e. The molecule has 1 saturated heterocycles. The SMILES string of the molecule is Cc1ccc(N2C(=O)[C@@H](/C=N\NC(=O)Cc3cccc(C(F)(F)F)c3)C(=O)NC2=S)cc1. The van der Waals surface area contributed by atoms with E-state index in [9.17, 15) is 27.6 Å². The number of anilines is 1. The van der Waals surface area contributed by atoms with E-state index >= 15 is 0 Å². The lowest BCUT2D eigenvalue weighted by molar-refractivity contribution is -0.137. The van der Waals surface area contributed by atoms with Gasteiger partial charge in [0.05, 0.1) is 17.7 Å². The van der Waals surface area contributed by atoms with E-state index in [1.54, 1.807) is 24.3 Å². The quantitative estimate of drug-likeness (QED) is 0.310. The number of carbonyl (C=O) groups excluding carboxylic acids is 3. The maximum absolute atomic E-state index is 12.8. The van der Waals surface area contributed by atoms with Crippen LogP contribution >= 0.6 is 12.2 Å². The second-order valence-corrected chi connectivity index (χ2v) is 7.36. The number of nitrogens with one attached hydrogen (secondary N) is 2. The number of thiocarbonyl (C=S) groups is 1. The number of nitrogens with zero attached hydrogens (tertiary/aromatic N) is 2. The van der Waals surface area contributed by atoms with E-state index < -0.39 is 35.4 Å². The first-order valence-corrected chi connectivity index (χ1v) is 9.70. The predicted molar refractivity (Wildman–Crippen MR) is 115 cm³/mol. The Kier molecular flexibility index (Phi) is 6.68. The second kappa shape index (κ2) is 9.27. The van der Waals surface area contributed by atoms with Crippen LogP contribution in [0.2, 0.25) is 0 Å². The molecule has 1 aliphatic heterocycles. The lowest BCUT2D eigenvalue weighted by Crippen LogP contribution is -2.58.